The van der Waals surface area contributed by atoms with Crippen molar-refractivity contribution < 1.29 is 19.1 Å². The zero-order valence-electron chi connectivity index (χ0n) is 26.3. The molecule has 1 aliphatic heterocycles. The minimum atomic E-state index is -0.545. The summed E-state index contributed by atoms with van der Waals surface area (Å²) in [4.78, 5) is 40.8. The van der Waals surface area contributed by atoms with Crippen LogP contribution in [-0.2, 0) is 9.53 Å². The van der Waals surface area contributed by atoms with Gasteiger partial charge in [-0.1, -0.05) is 24.3 Å². The lowest BCUT2D eigenvalue weighted by molar-refractivity contribution is -0.116. The Morgan fingerprint density at radius 3 is 2.62 bits per heavy atom. The lowest BCUT2D eigenvalue weighted by Crippen LogP contribution is -2.47. The van der Waals surface area contributed by atoms with Crippen LogP contribution in [0.1, 0.15) is 58.4 Å². The van der Waals surface area contributed by atoms with Crippen LogP contribution in [0.5, 0.6) is 11.6 Å². The van der Waals surface area contributed by atoms with Crippen molar-refractivity contribution in [3.05, 3.63) is 66.5 Å². The van der Waals surface area contributed by atoms with E-state index in [1.54, 1.807) is 17.3 Å². The molecule has 2 aromatic heterocycles. The number of ether oxygens (including phenoxy) is 2. The van der Waals surface area contributed by atoms with Gasteiger partial charge in [0.15, 0.2) is 0 Å². The average Bonchev–Trinajstić information content (AvgIpc) is 3.82. The molecule has 2 amide bonds. The number of fused-ring (bicyclic) bond motifs is 1. The van der Waals surface area contributed by atoms with E-state index >= 15 is 0 Å². The summed E-state index contributed by atoms with van der Waals surface area (Å²) in [6.07, 6.45) is 7.64. The zero-order valence-corrected chi connectivity index (χ0v) is 26.3. The molecule has 2 N–H and O–H groups in total. The van der Waals surface area contributed by atoms with E-state index < -0.39 is 5.60 Å². The molecule has 4 aromatic rings. The Morgan fingerprint density at radius 2 is 1.82 bits per heavy atom. The summed E-state index contributed by atoms with van der Waals surface area (Å²) in [5.74, 6) is 2.10. The molecule has 10 nitrogen and oxygen atoms in total. The monoisotopic (exact) mass is 608 g/mol. The van der Waals surface area contributed by atoms with Crippen LogP contribution in [0, 0.1) is 12.8 Å². The molecule has 10 heteroatoms. The summed E-state index contributed by atoms with van der Waals surface area (Å²) in [5, 5.41) is 8.30. The van der Waals surface area contributed by atoms with Gasteiger partial charge in [0.2, 0.25) is 17.7 Å². The van der Waals surface area contributed by atoms with Gasteiger partial charge in [0.25, 0.3) is 0 Å². The third-order valence-corrected chi connectivity index (χ3v) is 7.96. The van der Waals surface area contributed by atoms with Gasteiger partial charge in [-0.15, -0.1) is 0 Å². The molecule has 1 atom stereocenters. The highest BCUT2D eigenvalue weighted by atomic mass is 16.6. The molecule has 1 saturated carbocycles. The number of hydrogen-bond acceptors (Lipinski definition) is 8. The molecule has 1 aliphatic carbocycles. The van der Waals surface area contributed by atoms with Gasteiger partial charge in [-0.2, -0.15) is 0 Å². The summed E-state index contributed by atoms with van der Waals surface area (Å²) in [5.41, 5.74) is 2.53. The Morgan fingerprint density at radius 1 is 0.978 bits per heavy atom. The number of nitrogens with one attached hydrogen (secondary N) is 2. The number of carbonyl (C=O) groups excluding carboxylic acids is 2. The van der Waals surface area contributed by atoms with Crippen LogP contribution < -0.4 is 15.4 Å². The third kappa shape index (κ3) is 7.50. The maximum absolute atomic E-state index is 12.7. The molecule has 234 valence electrons. The van der Waals surface area contributed by atoms with Gasteiger partial charge in [-0.05, 0) is 89.1 Å². The lowest BCUT2D eigenvalue weighted by atomic mass is 10.0. The molecule has 1 unspecified atom stereocenters. The van der Waals surface area contributed by atoms with Gasteiger partial charge < -0.3 is 25.0 Å². The van der Waals surface area contributed by atoms with Crippen LogP contribution in [0.3, 0.4) is 0 Å². The Hall–Kier alpha value is -4.73. The first-order valence-corrected chi connectivity index (χ1v) is 15.7. The maximum Gasteiger partial charge on any atom is 0.410 e. The standard InChI is InChI=1S/C35H40N6O4/c1-22-12-15-25-26(9-5-11-28(25)39-30(42)20-23-13-14-23)31(22)44-32-27(10-6-17-36-32)29-16-18-37-33(40-29)38-24-8-7-19-41(21-24)34(43)45-35(2,3)4/h5-6,9-12,15-18,23-24H,7-8,13-14,19-21H2,1-4H3,(H,39,42)(H,37,38,40). The number of anilines is 2. The second-order valence-electron chi connectivity index (χ2n) is 12.9. The van der Waals surface area contributed by atoms with Crippen LogP contribution in [0.25, 0.3) is 22.0 Å². The van der Waals surface area contributed by atoms with E-state index in [2.05, 4.69) is 20.6 Å². The first-order chi connectivity index (χ1) is 21.6. The van der Waals surface area contributed by atoms with Crippen molar-refractivity contribution in [3.63, 3.8) is 0 Å². The first-order valence-electron chi connectivity index (χ1n) is 15.7. The van der Waals surface area contributed by atoms with Crippen molar-refractivity contribution in [1.82, 2.24) is 19.9 Å². The van der Waals surface area contributed by atoms with Crippen LogP contribution >= 0.6 is 0 Å². The number of rotatable bonds is 8. The summed E-state index contributed by atoms with van der Waals surface area (Å²) < 4.78 is 12.1. The second-order valence-corrected chi connectivity index (χ2v) is 12.9. The number of amides is 2. The molecule has 1 saturated heterocycles. The van der Waals surface area contributed by atoms with E-state index in [1.807, 2.05) is 76.2 Å². The number of carbonyl (C=O) groups is 2. The molecule has 2 fully saturated rings. The number of piperidine rings is 1. The highest BCUT2D eigenvalue weighted by Crippen LogP contribution is 2.39. The van der Waals surface area contributed by atoms with E-state index in [0.717, 1.165) is 47.7 Å². The van der Waals surface area contributed by atoms with Gasteiger partial charge >= 0.3 is 6.09 Å². The SMILES string of the molecule is Cc1ccc2c(NC(=O)CC3CC3)cccc2c1Oc1ncccc1-c1ccnc(NC2CCCN(C(=O)OC(C)(C)C)C2)n1. The zero-order chi connectivity index (χ0) is 31.6. The van der Waals surface area contributed by atoms with E-state index in [9.17, 15) is 9.59 Å². The minimum Gasteiger partial charge on any atom is -0.444 e. The molecule has 0 radical (unpaired) electrons. The number of aromatic nitrogens is 3. The van der Waals surface area contributed by atoms with E-state index in [4.69, 9.17) is 14.5 Å². The Labute approximate surface area is 263 Å². The topological polar surface area (TPSA) is 119 Å². The Balaban J connectivity index is 1.22. The molecule has 0 bridgehead atoms. The average molecular weight is 609 g/mol. The van der Waals surface area contributed by atoms with Gasteiger partial charge in [0.05, 0.1) is 11.3 Å². The van der Waals surface area contributed by atoms with Crippen LogP contribution in [0.4, 0.5) is 16.4 Å². The fraction of sp³-hybridized carbons (Fsp3) is 0.400. The molecular weight excluding hydrogens is 568 g/mol. The normalized spacial score (nSPS) is 16.7. The highest BCUT2D eigenvalue weighted by Gasteiger charge is 2.28. The van der Waals surface area contributed by atoms with E-state index in [0.29, 0.717) is 54.3 Å². The first kappa shape index (κ1) is 30.3. The van der Waals surface area contributed by atoms with Crippen molar-refractivity contribution in [2.45, 2.75) is 71.4 Å². The fourth-order valence-electron chi connectivity index (χ4n) is 5.58. The molecule has 3 heterocycles. The largest absolute Gasteiger partial charge is 0.444 e. The van der Waals surface area contributed by atoms with Gasteiger partial charge in [0.1, 0.15) is 11.4 Å². The van der Waals surface area contributed by atoms with Gasteiger partial charge in [-0.3, -0.25) is 4.79 Å². The predicted molar refractivity (Wildman–Crippen MR) is 174 cm³/mol. The summed E-state index contributed by atoms with van der Waals surface area (Å²) >= 11 is 0. The predicted octanol–water partition coefficient (Wildman–Crippen LogP) is 7.34. The van der Waals surface area contributed by atoms with E-state index in [1.165, 1.54) is 0 Å². The minimum absolute atomic E-state index is 0.0107. The van der Waals surface area contributed by atoms with Crippen molar-refractivity contribution in [3.8, 4) is 22.9 Å². The summed E-state index contributed by atoms with van der Waals surface area (Å²) in [6.45, 7) is 8.77. The Bertz CT molecular complexity index is 1710. The number of benzene rings is 2. The van der Waals surface area contributed by atoms with E-state index in [-0.39, 0.29) is 18.0 Å². The molecular formula is C35H40N6O4. The van der Waals surface area contributed by atoms with Crippen molar-refractivity contribution in [1.29, 1.82) is 0 Å². The van der Waals surface area contributed by atoms with Crippen LogP contribution in [-0.4, -0.2) is 56.6 Å². The van der Waals surface area contributed by atoms with Crippen molar-refractivity contribution in [2.24, 2.45) is 5.92 Å². The smallest absolute Gasteiger partial charge is 0.410 e. The number of pyridine rings is 1. The summed E-state index contributed by atoms with van der Waals surface area (Å²) in [7, 11) is 0. The molecule has 0 spiro atoms. The third-order valence-electron chi connectivity index (χ3n) is 7.96. The summed E-state index contributed by atoms with van der Waals surface area (Å²) in [6, 6.07) is 15.4. The number of aryl methyl sites for hydroxylation is 1. The van der Waals surface area contributed by atoms with Crippen molar-refractivity contribution >= 4 is 34.4 Å². The number of nitrogens with zero attached hydrogens (tertiary/aromatic N) is 4. The quantitative estimate of drug-likeness (QED) is 0.213. The number of hydrogen-bond donors (Lipinski definition) is 2. The highest BCUT2D eigenvalue weighted by molar-refractivity contribution is 6.04. The van der Waals surface area contributed by atoms with Crippen molar-refractivity contribution in [2.75, 3.05) is 23.7 Å². The molecule has 45 heavy (non-hydrogen) atoms. The molecule has 2 aliphatic rings. The Kier molecular flexibility index (Phi) is 8.56. The van der Waals surface area contributed by atoms with Gasteiger partial charge in [0, 0.05) is 54.4 Å². The molecule has 2 aromatic carbocycles. The van der Waals surface area contributed by atoms with Gasteiger partial charge in [-0.25, -0.2) is 19.7 Å². The van der Waals surface area contributed by atoms with Crippen LogP contribution in [0.15, 0.2) is 60.9 Å². The number of likely N-dealkylation sites (tertiary alicyclic amines) is 1. The van der Waals surface area contributed by atoms with Crippen LogP contribution in [0.2, 0.25) is 0 Å². The lowest BCUT2D eigenvalue weighted by Gasteiger charge is -2.34. The second kappa shape index (κ2) is 12.7. The fourth-order valence-corrected chi connectivity index (χ4v) is 5.58. The maximum atomic E-state index is 12.7. The molecule has 6 rings (SSSR count).